The van der Waals surface area contributed by atoms with E-state index in [9.17, 15) is 9.59 Å². The van der Waals surface area contributed by atoms with Crippen LogP contribution in [-0.4, -0.2) is 44.5 Å². The van der Waals surface area contributed by atoms with Crippen LogP contribution in [0.25, 0.3) is 28.2 Å². The minimum atomic E-state index is -0.275. The second-order valence-electron chi connectivity index (χ2n) is 9.89. The van der Waals surface area contributed by atoms with Gasteiger partial charge in [0.2, 0.25) is 0 Å². The largest absolute Gasteiger partial charge is 0.310 e. The van der Waals surface area contributed by atoms with E-state index >= 15 is 0 Å². The Balaban J connectivity index is 1.22. The van der Waals surface area contributed by atoms with Crippen molar-refractivity contribution in [3.8, 4) is 11.3 Å². The number of nitrogens with zero attached hydrogens (tertiary/aromatic N) is 4. The molecule has 2 aromatic carbocycles. The van der Waals surface area contributed by atoms with Gasteiger partial charge in [-0.05, 0) is 67.5 Å². The van der Waals surface area contributed by atoms with Gasteiger partial charge in [0.05, 0.1) is 23.3 Å². The number of nitrogens with one attached hydrogen (secondary N) is 1. The van der Waals surface area contributed by atoms with Crippen LogP contribution in [0.5, 0.6) is 0 Å². The number of fused-ring (bicyclic) bond motifs is 1. The van der Waals surface area contributed by atoms with Crippen molar-refractivity contribution in [1.29, 1.82) is 0 Å². The van der Waals surface area contributed by atoms with Crippen molar-refractivity contribution in [3.05, 3.63) is 124 Å². The summed E-state index contributed by atoms with van der Waals surface area (Å²) in [5.74, 6) is -0.157. The summed E-state index contributed by atoms with van der Waals surface area (Å²) in [4.78, 5) is 31.9. The topological polar surface area (TPSA) is 83.9 Å². The predicted molar refractivity (Wildman–Crippen MR) is 156 cm³/mol. The standard InChI is InChI=1S/C32H31N5O2/c1-36(2)21-24-11-14-26(15-12-24)31-27-16-13-23(19-29(27)34-35-31)7-3-4-10-30(38)28-9-6-18-37(32(28)39)22-25-8-5-17-33-20-25/h3,5-9,11-20H,4,10,21-22H2,1-2H3,(H,34,35)/b7-3+. The molecular formula is C32H31N5O2. The lowest BCUT2D eigenvalue weighted by Crippen LogP contribution is -2.26. The summed E-state index contributed by atoms with van der Waals surface area (Å²) in [5, 5.41) is 8.76. The van der Waals surface area contributed by atoms with E-state index < -0.39 is 0 Å². The fourth-order valence-electron chi connectivity index (χ4n) is 4.62. The minimum Gasteiger partial charge on any atom is -0.310 e. The molecule has 7 nitrogen and oxygen atoms in total. The van der Waals surface area contributed by atoms with E-state index in [4.69, 9.17) is 0 Å². The molecule has 0 radical (unpaired) electrons. The fraction of sp³-hybridized carbons (Fsp3) is 0.188. The smallest absolute Gasteiger partial charge is 0.261 e. The summed E-state index contributed by atoms with van der Waals surface area (Å²) in [5.41, 5.74) is 6.09. The zero-order valence-electron chi connectivity index (χ0n) is 22.2. The van der Waals surface area contributed by atoms with Crippen molar-refractivity contribution < 1.29 is 4.79 Å². The van der Waals surface area contributed by atoms with Crippen LogP contribution in [0.3, 0.4) is 0 Å². The van der Waals surface area contributed by atoms with E-state index in [2.05, 4.69) is 70.6 Å². The third-order valence-corrected chi connectivity index (χ3v) is 6.56. The maximum absolute atomic E-state index is 12.8. The van der Waals surface area contributed by atoms with Crippen LogP contribution < -0.4 is 5.56 Å². The number of rotatable bonds is 10. The normalized spacial score (nSPS) is 11.6. The van der Waals surface area contributed by atoms with E-state index in [1.54, 1.807) is 35.3 Å². The first-order chi connectivity index (χ1) is 19.0. The van der Waals surface area contributed by atoms with Crippen molar-refractivity contribution in [2.45, 2.75) is 25.9 Å². The Hall–Kier alpha value is -4.62. The first-order valence-electron chi connectivity index (χ1n) is 13.0. The molecule has 0 saturated heterocycles. The fourth-order valence-corrected chi connectivity index (χ4v) is 4.62. The molecule has 0 bridgehead atoms. The third kappa shape index (κ3) is 6.27. The van der Waals surface area contributed by atoms with Gasteiger partial charge < -0.3 is 9.47 Å². The average molecular weight is 518 g/mol. The monoisotopic (exact) mass is 517 g/mol. The molecule has 5 aromatic rings. The van der Waals surface area contributed by atoms with Crippen LogP contribution in [0.2, 0.25) is 0 Å². The molecule has 7 heteroatoms. The first-order valence-corrected chi connectivity index (χ1v) is 13.0. The number of carbonyl (C=O) groups excluding carboxylic acids is 1. The van der Waals surface area contributed by atoms with Crippen LogP contribution in [0.1, 0.15) is 39.9 Å². The highest BCUT2D eigenvalue weighted by Crippen LogP contribution is 2.27. The lowest BCUT2D eigenvalue weighted by molar-refractivity contribution is 0.0981. The van der Waals surface area contributed by atoms with Gasteiger partial charge >= 0.3 is 0 Å². The van der Waals surface area contributed by atoms with Crippen molar-refractivity contribution in [1.82, 2.24) is 24.6 Å². The summed E-state index contributed by atoms with van der Waals surface area (Å²) >= 11 is 0. The molecule has 0 fully saturated rings. The van der Waals surface area contributed by atoms with Gasteiger partial charge in [0.1, 0.15) is 0 Å². The summed E-state index contributed by atoms with van der Waals surface area (Å²) < 4.78 is 1.55. The van der Waals surface area contributed by atoms with Gasteiger partial charge in [-0.3, -0.25) is 19.7 Å². The number of benzene rings is 2. The Kier molecular flexibility index (Phi) is 7.89. The van der Waals surface area contributed by atoms with E-state index in [0.29, 0.717) is 13.0 Å². The molecule has 3 aromatic heterocycles. The molecule has 196 valence electrons. The molecule has 5 rings (SSSR count). The number of hydrogen-bond donors (Lipinski definition) is 1. The summed E-state index contributed by atoms with van der Waals surface area (Å²) in [7, 11) is 4.12. The lowest BCUT2D eigenvalue weighted by Gasteiger charge is -2.09. The second-order valence-corrected chi connectivity index (χ2v) is 9.89. The molecule has 0 aliphatic rings. The van der Waals surface area contributed by atoms with Gasteiger partial charge in [-0.15, -0.1) is 0 Å². The quantitative estimate of drug-likeness (QED) is 0.245. The van der Waals surface area contributed by atoms with E-state index in [1.807, 2.05) is 30.4 Å². The van der Waals surface area contributed by atoms with Crippen LogP contribution in [-0.2, 0) is 13.1 Å². The van der Waals surface area contributed by atoms with Crippen LogP contribution >= 0.6 is 0 Å². The number of ketones is 1. The number of aromatic amines is 1. The highest BCUT2D eigenvalue weighted by Gasteiger charge is 2.12. The van der Waals surface area contributed by atoms with Crippen molar-refractivity contribution in [2.24, 2.45) is 0 Å². The van der Waals surface area contributed by atoms with Crippen molar-refractivity contribution >= 4 is 22.8 Å². The Labute approximate surface area is 227 Å². The van der Waals surface area contributed by atoms with Crippen LogP contribution in [0, 0.1) is 0 Å². The van der Waals surface area contributed by atoms with E-state index in [1.165, 1.54) is 5.56 Å². The number of allylic oxidation sites excluding steroid dienone is 1. The molecule has 0 amide bonds. The number of carbonyl (C=O) groups is 1. The highest BCUT2D eigenvalue weighted by molar-refractivity contribution is 5.96. The number of aromatic nitrogens is 4. The highest BCUT2D eigenvalue weighted by atomic mass is 16.1. The molecular weight excluding hydrogens is 486 g/mol. The summed E-state index contributed by atoms with van der Waals surface area (Å²) in [6.07, 6.45) is 9.88. The maximum Gasteiger partial charge on any atom is 0.261 e. The lowest BCUT2D eigenvalue weighted by atomic mass is 10.0. The maximum atomic E-state index is 12.8. The summed E-state index contributed by atoms with van der Waals surface area (Å²) in [6, 6.07) is 21.8. The van der Waals surface area contributed by atoms with Gasteiger partial charge in [0, 0.05) is 42.5 Å². The van der Waals surface area contributed by atoms with Gasteiger partial charge in [-0.1, -0.05) is 48.6 Å². The molecule has 0 atom stereocenters. The van der Waals surface area contributed by atoms with Gasteiger partial charge in [0.15, 0.2) is 5.78 Å². The van der Waals surface area contributed by atoms with Crippen molar-refractivity contribution in [2.75, 3.05) is 14.1 Å². The predicted octanol–water partition coefficient (Wildman–Crippen LogP) is 5.57. The SMILES string of the molecule is CN(C)Cc1ccc(-c2n[nH]c3cc(/C=C/CCC(=O)c4cccn(Cc5cccnc5)c4=O)ccc23)cc1. The van der Waals surface area contributed by atoms with Gasteiger partial charge in [0.25, 0.3) is 5.56 Å². The molecule has 0 saturated carbocycles. The molecule has 1 N–H and O–H groups in total. The van der Waals surface area contributed by atoms with Crippen LogP contribution in [0.15, 0.2) is 96.2 Å². The molecule has 0 unspecified atom stereocenters. The molecule has 3 heterocycles. The van der Waals surface area contributed by atoms with E-state index in [-0.39, 0.29) is 23.3 Å². The molecule has 0 aliphatic heterocycles. The van der Waals surface area contributed by atoms with Crippen LogP contribution in [0.4, 0.5) is 0 Å². The minimum absolute atomic E-state index is 0.157. The number of Topliss-reactive ketones (excluding diaryl/α,β-unsaturated/α-hetero) is 1. The average Bonchev–Trinajstić information content (AvgIpc) is 3.36. The van der Waals surface area contributed by atoms with E-state index in [0.717, 1.165) is 39.8 Å². The second kappa shape index (κ2) is 11.8. The van der Waals surface area contributed by atoms with Gasteiger partial charge in [-0.2, -0.15) is 5.10 Å². The number of pyridine rings is 2. The number of H-pyrrole nitrogens is 1. The zero-order chi connectivity index (χ0) is 27.2. The Morgan fingerprint density at radius 2 is 1.87 bits per heavy atom. The molecule has 0 spiro atoms. The third-order valence-electron chi connectivity index (χ3n) is 6.56. The Morgan fingerprint density at radius 3 is 2.64 bits per heavy atom. The molecule has 0 aliphatic carbocycles. The number of hydrogen-bond acceptors (Lipinski definition) is 5. The Bertz CT molecular complexity index is 1660. The van der Waals surface area contributed by atoms with Gasteiger partial charge in [-0.25, -0.2) is 0 Å². The zero-order valence-corrected chi connectivity index (χ0v) is 22.2. The Morgan fingerprint density at radius 1 is 1.03 bits per heavy atom. The van der Waals surface area contributed by atoms with Crippen molar-refractivity contribution in [3.63, 3.8) is 0 Å². The first kappa shape index (κ1) is 26.0. The molecule has 39 heavy (non-hydrogen) atoms. The summed E-state index contributed by atoms with van der Waals surface area (Å²) in [6.45, 7) is 1.28.